The molecule has 0 fully saturated rings. The zero-order valence-electron chi connectivity index (χ0n) is 12.5. The number of ether oxygens (including phenoxy) is 1. The Morgan fingerprint density at radius 2 is 1.86 bits per heavy atom. The lowest BCUT2D eigenvalue weighted by molar-refractivity contribution is 0.247. The van der Waals surface area contributed by atoms with Crippen LogP contribution < -0.4 is 15.4 Å². The number of aryl methyl sites for hydroxylation is 2. The first-order valence-corrected chi connectivity index (χ1v) is 7.66. The van der Waals surface area contributed by atoms with E-state index in [-0.39, 0.29) is 6.03 Å². The SMILES string of the molecule is O=C(NCCOc1ccc2c(c1)CCC2)Nc1ccccc1. The summed E-state index contributed by atoms with van der Waals surface area (Å²) >= 11 is 0. The Labute approximate surface area is 130 Å². The van der Waals surface area contributed by atoms with E-state index in [1.807, 2.05) is 36.4 Å². The van der Waals surface area contributed by atoms with Gasteiger partial charge >= 0.3 is 6.03 Å². The van der Waals surface area contributed by atoms with Crippen LogP contribution in [-0.2, 0) is 12.8 Å². The number of hydrogen-bond acceptors (Lipinski definition) is 2. The Bertz CT molecular complexity index is 641. The highest BCUT2D eigenvalue weighted by molar-refractivity contribution is 5.89. The maximum Gasteiger partial charge on any atom is 0.319 e. The van der Waals surface area contributed by atoms with E-state index in [4.69, 9.17) is 4.74 Å². The molecule has 0 bridgehead atoms. The number of carbonyl (C=O) groups is 1. The average Bonchev–Trinajstić information content (AvgIpc) is 3.00. The standard InChI is InChI=1S/C18H20N2O2/c21-18(20-16-7-2-1-3-8-16)19-11-12-22-17-10-9-14-5-4-6-15(14)13-17/h1-3,7-10,13H,4-6,11-12H2,(H2,19,20,21). The lowest BCUT2D eigenvalue weighted by Crippen LogP contribution is -2.32. The first kappa shape index (κ1) is 14.4. The quantitative estimate of drug-likeness (QED) is 0.831. The van der Waals surface area contributed by atoms with Crippen molar-refractivity contribution in [3.05, 3.63) is 59.7 Å². The minimum absolute atomic E-state index is 0.219. The van der Waals surface area contributed by atoms with E-state index in [9.17, 15) is 4.79 Å². The summed E-state index contributed by atoms with van der Waals surface area (Å²) in [5.41, 5.74) is 3.61. The van der Waals surface area contributed by atoms with Crippen LogP contribution in [0.4, 0.5) is 10.5 Å². The highest BCUT2D eigenvalue weighted by Crippen LogP contribution is 2.25. The first-order valence-electron chi connectivity index (χ1n) is 7.66. The molecule has 4 nitrogen and oxygen atoms in total. The van der Waals surface area contributed by atoms with Crippen LogP contribution in [0.1, 0.15) is 17.5 Å². The predicted octanol–water partition coefficient (Wildman–Crippen LogP) is 3.38. The maximum atomic E-state index is 11.7. The van der Waals surface area contributed by atoms with E-state index in [1.165, 1.54) is 24.0 Å². The number of amides is 2. The molecule has 2 N–H and O–H groups in total. The van der Waals surface area contributed by atoms with Crippen molar-refractivity contribution in [1.29, 1.82) is 0 Å². The Morgan fingerprint density at radius 3 is 2.73 bits per heavy atom. The van der Waals surface area contributed by atoms with Gasteiger partial charge < -0.3 is 15.4 Å². The van der Waals surface area contributed by atoms with Crippen LogP contribution in [0.5, 0.6) is 5.75 Å². The molecule has 22 heavy (non-hydrogen) atoms. The fourth-order valence-corrected chi connectivity index (χ4v) is 2.67. The van der Waals surface area contributed by atoms with Gasteiger partial charge in [0.25, 0.3) is 0 Å². The lowest BCUT2D eigenvalue weighted by atomic mass is 10.1. The van der Waals surface area contributed by atoms with Crippen molar-refractivity contribution in [2.45, 2.75) is 19.3 Å². The number of urea groups is 1. The third-order valence-electron chi connectivity index (χ3n) is 3.76. The van der Waals surface area contributed by atoms with Crippen molar-refractivity contribution in [2.75, 3.05) is 18.5 Å². The smallest absolute Gasteiger partial charge is 0.319 e. The molecule has 2 aromatic rings. The molecular weight excluding hydrogens is 276 g/mol. The number of nitrogens with one attached hydrogen (secondary N) is 2. The molecule has 0 atom stereocenters. The Morgan fingerprint density at radius 1 is 1.05 bits per heavy atom. The van der Waals surface area contributed by atoms with Gasteiger partial charge in [-0.25, -0.2) is 4.79 Å². The van der Waals surface area contributed by atoms with Crippen molar-refractivity contribution in [3.63, 3.8) is 0 Å². The van der Waals surface area contributed by atoms with Gasteiger partial charge in [0, 0.05) is 5.69 Å². The van der Waals surface area contributed by atoms with E-state index in [0.29, 0.717) is 13.2 Å². The van der Waals surface area contributed by atoms with Crippen molar-refractivity contribution >= 4 is 11.7 Å². The summed E-state index contributed by atoms with van der Waals surface area (Å²) in [7, 11) is 0. The molecular formula is C18H20N2O2. The number of anilines is 1. The Kier molecular flexibility index (Phi) is 4.59. The first-order chi connectivity index (χ1) is 10.8. The summed E-state index contributed by atoms with van der Waals surface area (Å²) in [5, 5.41) is 5.55. The van der Waals surface area contributed by atoms with Crippen molar-refractivity contribution in [2.24, 2.45) is 0 Å². The van der Waals surface area contributed by atoms with Gasteiger partial charge in [-0.3, -0.25) is 0 Å². The molecule has 0 saturated carbocycles. The summed E-state index contributed by atoms with van der Waals surface area (Å²) in [4.78, 5) is 11.7. The second kappa shape index (κ2) is 6.98. The fourth-order valence-electron chi connectivity index (χ4n) is 2.67. The third kappa shape index (κ3) is 3.79. The van der Waals surface area contributed by atoms with E-state index in [2.05, 4.69) is 22.8 Å². The van der Waals surface area contributed by atoms with Gasteiger partial charge in [0.05, 0.1) is 6.54 Å². The van der Waals surface area contributed by atoms with Crippen LogP contribution in [-0.4, -0.2) is 19.2 Å². The summed E-state index contributed by atoms with van der Waals surface area (Å²) in [6.45, 7) is 0.927. The van der Waals surface area contributed by atoms with E-state index in [0.717, 1.165) is 17.9 Å². The molecule has 114 valence electrons. The molecule has 2 amide bonds. The molecule has 0 heterocycles. The van der Waals surface area contributed by atoms with E-state index < -0.39 is 0 Å². The van der Waals surface area contributed by atoms with Gasteiger partial charge in [-0.15, -0.1) is 0 Å². The molecule has 1 aliphatic carbocycles. The van der Waals surface area contributed by atoms with Crippen LogP contribution in [0.3, 0.4) is 0 Å². The van der Waals surface area contributed by atoms with Gasteiger partial charge in [-0.05, 0) is 54.7 Å². The summed E-state index contributed by atoms with van der Waals surface area (Å²) in [6.07, 6.45) is 3.56. The lowest BCUT2D eigenvalue weighted by Gasteiger charge is -2.10. The van der Waals surface area contributed by atoms with Crippen molar-refractivity contribution in [1.82, 2.24) is 5.32 Å². The predicted molar refractivity (Wildman–Crippen MR) is 87.4 cm³/mol. The zero-order chi connectivity index (χ0) is 15.2. The summed E-state index contributed by atoms with van der Waals surface area (Å²) in [6, 6.07) is 15.4. The molecule has 0 spiro atoms. The maximum absolute atomic E-state index is 11.7. The van der Waals surface area contributed by atoms with Gasteiger partial charge in [0.1, 0.15) is 12.4 Å². The average molecular weight is 296 g/mol. The van der Waals surface area contributed by atoms with E-state index in [1.54, 1.807) is 0 Å². The van der Waals surface area contributed by atoms with Crippen LogP contribution in [0, 0.1) is 0 Å². The number of fused-ring (bicyclic) bond motifs is 1. The molecule has 3 rings (SSSR count). The number of para-hydroxylation sites is 1. The molecule has 0 saturated heterocycles. The Balaban J connectivity index is 1.39. The minimum atomic E-state index is -0.219. The topological polar surface area (TPSA) is 50.4 Å². The highest BCUT2D eigenvalue weighted by Gasteiger charge is 2.11. The third-order valence-corrected chi connectivity index (χ3v) is 3.76. The molecule has 0 aliphatic heterocycles. The van der Waals surface area contributed by atoms with Crippen molar-refractivity contribution in [3.8, 4) is 5.75 Å². The second-order valence-corrected chi connectivity index (χ2v) is 5.38. The number of carbonyl (C=O) groups excluding carboxylic acids is 1. The van der Waals surface area contributed by atoms with Crippen molar-refractivity contribution < 1.29 is 9.53 Å². The fraction of sp³-hybridized carbons (Fsp3) is 0.278. The number of rotatable bonds is 5. The number of hydrogen-bond donors (Lipinski definition) is 2. The molecule has 0 radical (unpaired) electrons. The number of benzene rings is 2. The van der Waals surface area contributed by atoms with Crippen LogP contribution in [0.2, 0.25) is 0 Å². The monoisotopic (exact) mass is 296 g/mol. The van der Waals surface area contributed by atoms with Crippen LogP contribution >= 0.6 is 0 Å². The van der Waals surface area contributed by atoms with Crippen LogP contribution in [0.25, 0.3) is 0 Å². The summed E-state index contributed by atoms with van der Waals surface area (Å²) < 4.78 is 5.69. The molecule has 0 unspecified atom stereocenters. The van der Waals surface area contributed by atoms with Gasteiger partial charge in [-0.2, -0.15) is 0 Å². The van der Waals surface area contributed by atoms with Gasteiger partial charge in [-0.1, -0.05) is 24.3 Å². The molecule has 4 heteroatoms. The largest absolute Gasteiger partial charge is 0.492 e. The van der Waals surface area contributed by atoms with Gasteiger partial charge in [0.15, 0.2) is 0 Å². The van der Waals surface area contributed by atoms with Crippen LogP contribution in [0.15, 0.2) is 48.5 Å². The molecule has 2 aromatic carbocycles. The zero-order valence-corrected chi connectivity index (χ0v) is 12.5. The summed E-state index contributed by atoms with van der Waals surface area (Å²) in [5.74, 6) is 0.880. The van der Waals surface area contributed by atoms with E-state index >= 15 is 0 Å². The van der Waals surface area contributed by atoms with Gasteiger partial charge in [0.2, 0.25) is 0 Å². The molecule has 1 aliphatic rings. The minimum Gasteiger partial charge on any atom is -0.492 e. The second-order valence-electron chi connectivity index (χ2n) is 5.38. The Hall–Kier alpha value is -2.49. The normalized spacial score (nSPS) is 12.5. The highest BCUT2D eigenvalue weighted by atomic mass is 16.5. The molecule has 0 aromatic heterocycles.